The van der Waals surface area contributed by atoms with E-state index >= 15 is 0 Å². The van der Waals surface area contributed by atoms with E-state index in [4.69, 9.17) is 0 Å². The summed E-state index contributed by atoms with van der Waals surface area (Å²) in [6.45, 7) is 9.97. The van der Waals surface area contributed by atoms with Crippen LogP contribution in [-0.2, 0) is 4.57 Å². The third kappa shape index (κ3) is 8.41. The summed E-state index contributed by atoms with van der Waals surface area (Å²) < 4.78 is 14.3. The maximum atomic E-state index is 11.2. The van der Waals surface area contributed by atoms with Gasteiger partial charge in [0, 0.05) is 13.3 Å². The van der Waals surface area contributed by atoms with E-state index in [-0.39, 0.29) is 0 Å². The number of rotatable bonds is 2. The molecule has 0 bridgehead atoms. The molecule has 0 atom stereocenters. The van der Waals surface area contributed by atoms with Crippen LogP contribution in [0.2, 0.25) is 19.6 Å². The Hall–Kier alpha value is 0.407. The van der Waals surface area contributed by atoms with Gasteiger partial charge in [0.25, 0.3) is 0 Å². The van der Waals surface area contributed by atoms with Gasteiger partial charge < -0.3 is 4.57 Å². The molecule has 4 heteroatoms. The Kier molecular flexibility index (Phi) is 2.68. The topological polar surface area (TPSA) is 29.1 Å². The molecule has 0 aromatic rings. The van der Waals surface area contributed by atoms with Crippen LogP contribution in [0.3, 0.4) is 0 Å². The van der Waals surface area contributed by atoms with E-state index in [0.29, 0.717) is 0 Å². The standard InChI is InChI=1S/C5H16NOPSi/c1-8(2,7)6-9(3,4)5/h1-5H3,(H,6,7). The maximum Gasteiger partial charge on any atom is 0.135 e. The molecule has 0 unspecified atom stereocenters. The lowest BCUT2D eigenvalue weighted by molar-refractivity contribution is 0.580. The summed E-state index contributed by atoms with van der Waals surface area (Å²) in [5.74, 6) is 0. The number of nitrogens with one attached hydrogen (secondary N) is 1. The normalized spacial score (nSPS) is 13.9. The minimum absolute atomic E-state index is 1.31. The summed E-state index contributed by atoms with van der Waals surface area (Å²) in [6, 6.07) is 0. The Balaban J connectivity index is 3.90. The molecule has 0 aliphatic carbocycles. The van der Waals surface area contributed by atoms with Crippen molar-refractivity contribution in [3.05, 3.63) is 0 Å². The summed E-state index contributed by atoms with van der Waals surface area (Å²) in [4.78, 5) is 0. The van der Waals surface area contributed by atoms with Crippen LogP contribution in [0.5, 0.6) is 0 Å². The molecule has 0 saturated carbocycles. The summed E-state index contributed by atoms with van der Waals surface area (Å²) >= 11 is 0. The molecular weight excluding hydrogens is 149 g/mol. The smallest absolute Gasteiger partial charge is 0.135 e. The Morgan fingerprint density at radius 1 is 1.22 bits per heavy atom. The fourth-order valence-corrected chi connectivity index (χ4v) is 7.27. The van der Waals surface area contributed by atoms with Crippen LogP contribution in [-0.4, -0.2) is 21.6 Å². The van der Waals surface area contributed by atoms with Crippen molar-refractivity contribution in [3.8, 4) is 0 Å². The van der Waals surface area contributed by atoms with Gasteiger partial charge in [0.1, 0.15) is 15.5 Å². The lowest BCUT2D eigenvalue weighted by Gasteiger charge is -2.21. The lowest BCUT2D eigenvalue weighted by Crippen LogP contribution is -2.38. The van der Waals surface area contributed by atoms with Gasteiger partial charge in [0.05, 0.1) is 0 Å². The van der Waals surface area contributed by atoms with Gasteiger partial charge in [-0.1, -0.05) is 19.6 Å². The first-order valence-electron chi connectivity index (χ1n) is 3.05. The van der Waals surface area contributed by atoms with Crippen LogP contribution in [0.1, 0.15) is 0 Å². The van der Waals surface area contributed by atoms with E-state index in [9.17, 15) is 4.57 Å². The molecule has 0 heterocycles. The highest BCUT2D eigenvalue weighted by Gasteiger charge is 2.19. The van der Waals surface area contributed by atoms with Crippen molar-refractivity contribution in [1.29, 1.82) is 0 Å². The molecular formula is C5H16NOPSi. The lowest BCUT2D eigenvalue weighted by atomic mass is 11.8. The van der Waals surface area contributed by atoms with Crippen LogP contribution in [0, 0.1) is 0 Å². The van der Waals surface area contributed by atoms with E-state index < -0.39 is 15.5 Å². The zero-order valence-electron chi connectivity index (χ0n) is 6.86. The molecule has 0 amide bonds. The van der Waals surface area contributed by atoms with Gasteiger partial charge in [-0.2, -0.15) is 0 Å². The van der Waals surface area contributed by atoms with Crippen LogP contribution < -0.4 is 4.75 Å². The Labute approximate surface area is 58.6 Å². The monoisotopic (exact) mass is 165 g/mol. The zero-order chi connectivity index (χ0) is 7.71. The van der Waals surface area contributed by atoms with Gasteiger partial charge in [-0.05, 0) is 0 Å². The molecule has 1 N–H and O–H groups in total. The SMILES string of the molecule is C[Si](C)(C)NP(C)(C)=O. The first kappa shape index (κ1) is 9.41. The summed E-state index contributed by atoms with van der Waals surface area (Å²) in [7, 11) is -3.28. The van der Waals surface area contributed by atoms with Crippen molar-refractivity contribution < 1.29 is 4.57 Å². The van der Waals surface area contributed by atoms with E-state index in [1.54, 1.807) is 13.3 Å². The molecule has 0 aliphatic rings. The second kappa shape index (κ2) is 2.57. The molecule has 0 aromatic carbocycles. The molecule has 9 heavy (non-hydrogen) atoms. The van der Waals surface area contributed by atoms with Crippen LogP contribution in [0.4, 0.5) is 0 Å². The molecule has 0 aliphatic heterocycles. The van der Waals surface area contributed by atoms with Crippen LogP contribution in [0.25, 0.3) is 0 Å². The minimum Gasteiger partial charge on any atom is -0.308 e. The molecule has 0 saturated heterocycles. The van der Waals surface area contributed by atoms with Crippen molar-refractivity contribution in [2.45, 2.75) is 19.6 Å². The molecule has 0 rings (SSSR count). The Morgan fingerprint density at radius 3 is 1.56 bits per heavy atom. The summed E-state index contributed by atoms with van der Waals surface area (Å²) in [6.07, 6.45) is 0. The predicted octanol–water partition coefficient (Wildman–Crippen LogP) is 1.95. The van der Waals surface area contributed by atoms with Gasteiger partial charge in [-0.25, -0.2) is 0 Å². The molecule has 2 nitrogen and oxygen atoms in total. The first-order chi connectivity index (χ1) is 3.71. The molecule has 0 fully saturated rings. The van der Waals surface area contributed by atoms with Crippen LogP contribution >= 0.6 is 7.29 Å². The van der Waals surface area contributed by atoms with Crippen molar-refractivity contribution >= 4 is 15.5 Å². The Morgan fingerprint density at radius 2 is 1.56 bits per heavy atom. The van der Waals surface area contributed by atoms with E-state index in [1.165, 1.54) is 0 Å². The summed E-state index contributed by atoms with van der Waals surface area (Å²) in [5, 5.41) is 0. The third-order valence-corrected chi connectivity index (χ3v) is 5.44. The average molecular weight is 165 g/mol. The number of hydrogen-bond acceptors (Lipinski definition) is 1. The second-order valence-electron chi connectivity index (χ2n) is 3.71. The van der Waals surface area contributed by atoms with Gasteiger partial charge in [0.2, 0.25) is 0 Å². The molecule has 0 radical (unpaired) electrons. The van der Waals surface area contributed by atoms with E-state index in [2.05, 4.69) is 24.4 Å². The van der Waals surface area contributed by atoms with Crippen molar-refractivity contribution in [3.63, 3.8) is 0 Å². The van der Waals surface area contributed by atoms with Crippen molar-refractivity contribution in [2.24, 2.45) is 0 Å². The maximum absolute atomic E-state index is 11.2. The average Bonchev–Trinajstić information content (AvgIpc) is 1.14. The fraction of sp³-hybridized carbons (Fsp3) is 1.00. The highest BCUT2D eigenvalue weighted by atomic mass is 31.2. The van der Waals surface area contributed by atoms with Gasteiger partial charge in [-0.15, -0.1) is 0 Å². The predicted molar refractivity (Wildman–Crippen MR) is 45.9 cm³/mol. The van der Waals surface area contributed by atoms with E-state index in [1.807, 2.05) is 0 Å². The van der Waals surface area contributed by atoms with Gasteiger partial charge >= 0.3 is 0 Å². The quantitative estimate of drug-likeness (QED) is 0.500. The third-order valence-electron chi connectivity index (χ3n) is 0.605. The number of hydrogen-bond donors (Lipinski definition) is 1. The second-order valence-corrected chi connectivity index (χ2v) is 11.8. The fourth-order valence-electron chi connectivity index (χ4n) is 0.808. The van der Waals surface area contributed by atoms with Gasteiger partial charge in [-0.3, -0.25) is 4.75 Å². The van der Waals surface area contributed by atoms with Gasteiger partial charge in [0.15, 0.2) is 0 Å². The van der Waals surface area contributed by atoms with Crippen molar-refractivity contribution in [1.82, 2.24) is 4.75 Å². The molecule has 0 aromatic heterocycles. The first-order valence-corrected chi connectivity index (χ1v) is 9.15. The zero-order valence-corrected chi connectivity index (χ0v) is 8.75. The highest BCUT2D eigenvalue weighted by Crippen LogP contribution is 2.31. The highest BCUT2D eigenvalue weighted by molar-refractivity contribution is 7.62. The molecule has 56 valence electrons. The molecule has 0 spiro atoms. The van der Waals surface area contributed by atoms with E-state index in [0.717, 1.165) is 0 Å². The van der Waals surface area contributed by atoms with Crippen LogP contribution in [0.15, 0.2) is 0 Å². The Bertz CT molecular complexity index is 134. The minimum atomic E-state index is -1.98. The largest absolute Gasteiger partial charge is 0.308 e. The van der Waals surface area contributed by atoms with Crippen molar-refractivity contribution in [2.75, 3.05) is 13.3 Å². The summed E-state index contributed by atoms with van der Waals surface area (Å²) in [5.41, 5.74) is 0.